The van der Waals surface area contributed by atoms with Gasteiger partial charge in [0.1, 0.15) is 5.82 Å². The van der Waals surface area contributed by atoms with E-state index in [0.717, 1.165) is 21.3 Å². The van der Waals surface area contributed by atoms with Crippen LogP contribution in [-0.4, -0.2) is 15.9 Å². The molecule has 0 unspecified atom stereocenters. The zero-order valence-electron chi connectivity index (χ0n) is 13.7. The molecule has 25 heavy (non-hydrogen) atoms. The number of amides is 1. The molecule has 0 aliphatic carbocycles. The average Bonchev–Trinajstić information content (AvgIpc) is 2.64. The van der Waals surface area contributed by atoms with Crippen LogP contribution in [0.4, 0.5) is 11.5 Å². The largest absolute Gasteiger partial charge is 0.348 e. The average molecular weight is 397 g/mol. The molecule has 0 bridgehead atoms. The number of aryl methyl sites for hydroxylation is 1. The number of pyridine rings is 2. The van der Waals surface area contributed by atoms with Crippen molar-refractivity contribution in [2.45, 2.75) is 13.5 Å². The summed E-state index contributed by atoms with van der Waals surface area (Å²) in [5.41, 5.74) is 3.54. The number of hydrogen-bond acceptors (Lipinski definition) is 4. The lowest BCUT2D eigenvalue weighted by molar-refractivity contribution is 0.0951. The Morgan fingerprint density at radius 3 is 2.80 bits per heavy atom. The van der Waals surface area contributed by atoms with Crippen molar-refractivity contribution in [1.29, 1.82) is 0 Å². The summed E-state index contributed by atoms with van der Waals surface area (Å²) in [4.78, 5) is 20.6. The van der Waals surface area contributed by atoms with Crippen molar-refractivity contribution in [2.75, 3.05) is 5.32 Å². The number of aromatic nitrogens is 2. The second kappa shape index (κ2) is 7.90. The number of carbonyl (C=O) groups excluding carboxylic acids is 1. The van der Waals surface area contributed by atoms with Gasteiger partial charge in [-0.05, 0) is 54.4 Å². The SMILES string of the molecule is Cc1cc(Nc2cc(C(=O)NCc3cccnc3)ccn2)ccc1Br. The summed E-state index contributed by atoms with van der Waals surface area (Å²) in [5.74, 6) is 0.469. The number of nitrogens with zero attached hydrogens (tertiary/aromatic N) is 2. The van der Waals surface area contributed by atoms with Crippen molar-refractivity contribution in [3.05, 3.63) is 82.2 Å². The Morgan fingerprint density at radius 2 is 2.04 bits per heavy atom. The van der Waals surface area contributed by atoms with Crippen LogP contribution in [0.25, 0.3) is 0 Å². The van der Waals surface area contributed by atoms with E-state index in [1.165, 1.54) is 0 Å². The minimum absolute atomic E-state index is 0.152. The Bertz CT molecular complexity index is 884. The molecule has 0 atom stereocenters. The number of benzene rings is 1. The predicted octanol–water partition coefficient (Wildman–Crippen LogP) is 4.22. The highest BCUT2D eigenvalue weighted by Crippen LogP contribution is 2.22. The van der Waals surface area contributed by atoms with Crippen LogP contribution in [0, 0.1) is 6.92 Å². The monoisotopic (exact) mass is 396 g/mol. The second-order valence-electron chi connectivity index (χ2n) is 5.56. The lowest BCUT2D eigenvalue weighted by atomic mass is 10.2. The third-order valence-electron chi connectivity index (χ3n) is 3.63. The lowest BCUT2D eigenvalue weighted by Crippen LogP contribution is -2.23. The van der Waals surface area contributed by atoms with Gasteiger partial charge >= 0.3 is 0 Å². The van der Waals surface area contributed by atoms with Crippen LogP contribution < -0.4 is 10.6 Å². The highest BCUT2D eigenvalue weighted by Gasteiger charge is 2.07. The summed E-state index contributed by atoms with van der Waals surface area (Å²) in [5, 5.41) is 6.10. The summed E-state index contributed by atoms with van der Waals surface area (Å²) in [6.07, 6.45) is 5.05. The van der Waals surface area contributed by atoms with Crippen LogP contribution in [0.15, 0.2) is 65.5 Å². The Hall–Kier alpha value is -2.73. The van der Waals surface area contributed by atoms with Crippen LogP contribution in [0.1, 0.15) is 21.5 Å². The van der Waals surface area contributed by atoms with Crippen molar-refractivity contribution in [3.8, 4) is 0 Å². The minimum atomic E-state index is -0.152. The standard InChI is InChI=1S/C19H17BrN4O/c1-13-9-16(4-5-17(13)20)24-18-10-15(6-8-22-18)19(25)23-12-14-3-2-7-21-11-14/h2-11H,12H2,1H3,(H,22,24)(H,23,25). The molecule has 0 fully saturated rings. The van der Waals surface area contributed by atoms with Crippen LogP contribution >= 0.6 is 15.9 Å². The normalized spacial score (nSPS) is 10.3. The minimum Gasteiger partial charge on any atom is -0.348 e. The first-order valence-electron chi connectivity index (χ1n) is 7.78. The second-order valence-corrected chi connectivity index (χ2v) is 6.42. The summed E-state index contributed by atoms with van der Waals surface area (Å²) in [7, 11) is 0. The molecule has 0 aliphatic heterocycles. The molecule has 126 valence electrons. The van der Waals surface area contributed by atoms with Gasteiger partial charge in [-0.3, -0.25) is 9.78 Å². The maximum Gasteiger partial charge on any atom is 0.251 e. The van der Waals surface area contributed by atoms with Crippen LogP contribution in [0.2, 0.25) is 0 Å². The highest BCUT2D eigenvalue weighted by atomic mass is 79.9. The van der Waals surface area contributed by atoms with Crippen LogP contribution in [0.5, 0.6) is 0 Å². The molecule has 3 rings (SSSR count). The van der Waals surface area contributed by atoms with E-state index in [2.05, 4.69) is 36.5 Å². The van der Waals surface area contributed by atoms with Crippen LogP contribution in [0.3, 0.4) is 0 Å². The van der Waals surface area contributed by atoms with E-state index in [1.54, 1.807) is 30.7 Å². The molecule has 0 saturated carbocycles. The van der Waals surface area contributed by atoms with Gasteiger partial charge in [0, 0.05) is 40.9 Å². The van der Waals surface area contributed by atoms with Gasteiger partial charge in [-0.25, -0.2) is 4.98 Å². The quantitative estimate of drug-likeness (QED) is 0.677. The van der Waals surface area contributed by atoms with Crippen LogP contribution in [-0.2, 0) is 6.54 Å². The smallest absolute Gasteiger partial charge is 0.251 e. The molecule has 0 spiro atoms. The van der Waals surface area contributed by atoms with Gasteiger partial charge in [-0.15, -0.1) is 0 Å². The van der Waals surface area contributed by atoms with E-state index < -0.39 is 0 Å². The Morgan fingerprint density at radius 1 is 1.16 bits per heavy atom. The number of nitrogens with one attached hydrogen (secondary N) is 2. The first kappa shape index (κ1) is 17.1. The maximum absolute atomic E-state index is 12.3. The van der Waals surface area contributed by atoms with Gasteiger partial charge in [0.15, 0.2) is 0 Å². The fourth-order valence-electron chi connectivity index (χ4n) is 2.30. The zero-order chi connectivity index (χ0) is 17.6. The van der Waals surface area contributed by atoms with E-state index in [4.69, 9.17) is 0 Å². The highest BCUT2D eigenvalue weighted by molar-refractivity contribution is 9.10. The fourth-order valence-corrected chi connectivity index (χ4v) is 2.54. The molecular weight excluding hydrogens is 380 g/mol. The summed E-state index contributed by atoms with van der Waals surface area (Å²) >= 11 is 3.48. The van der Waals surface area contributed by atoms with Crippen molar-refractivity contribution in [1.82, 2.24) is 15.3 Å². The lowest BCUT2D eigenvalue weighted by Gasteiger charge is -2.09. The van der Waals surface area contributed by atoms with Gasteiger partial charge in [-0.1, -0.05) is 22.0 Å². The van der Waals surface area contributed by atoms with Crippen molar-refractivity contribution in [2.24, 2.45) is 0 Å². The predicted molar refractivity (Wildman–Crippen MR) is 102 cm³/mol. The van der Waals surface area contributed by atoms with Crippen molar-refractivity contribution in [3.63, 3.8) is 0 Å². The fraction of sp³-hybridized carbons (Fsp3) is 0.105. The van der Waals surface area contributed by atoms with E-state index in [9.17, 15) is 4.79 Å². The molecule has 5 nitrogen and oxygen atoms in total. The van der Waals surface area contributed by atoms with Gasteiger partial charge in [0.25, 0.3) is 5.91 Å². The molecular formula is C19H17BrN4O. The third kappa shape index (κ3) is 4.64. The van der Waals surface area contributed by atoms with Gasteiger partial charge in [0.05, 0.1) is 0 Å². The van der Waals surface area contributed by atoms with E-state index in [0.29, 0.717) is 17.9 Å². The van der Waals surface area contributed by atoms with Crippen molar-refractivity contribution >= 4 is 33.3 Å². The van der Waals surface area contributed by atoms with Gasteiger partial charge in [-0.2, -0.15) is 0 Å². The molecule has 1 aromatic carbocycles. The molecule has 0 radical (unpaired) electrons. The molecule has 2 heterocycles. The Balaban J connectivity index is 1.68. The molecule has 0 saturated heterocycles. The maximum atomic E-state index is 12.3. The van der Waals surface area contributed by atoms with Gasteiger partial charge in [0.2, 0.25) is 0 Å². The van der Waals surface area contributed by atoms with E-state index in [1.807, 2.05) is 37.3 Å². The summed E-state index contributed by atoms with van der Waals surface area (Å²) in [6.45, 7) is 2.45. The number of anilines is 2. The molecule has 3 aromatic rings. The molecule has 1 amide bonds. The molecule has 6 heteroatoms. The first-order valence-corrected chi connectivity index (χ1v) is 8.57. The Kier molecular flexibility index (Phi) is 5.40. The number of halogens is 1. The van der Waals surface area contributed by atoms with E-state index >= 15 is 0 Å². The topological polar surface area (TPSA) is 66.9 Å². The first-order chi connectivity index (χ1) is 12.1. The molecule has 2 N–H and O–H groups in total. The summed E-state index contributed by atoms with van der Waals surface area (Å²) in [6, 6.07) is 13.1. The number of rotatable bonds is 5. The molecule has 0 aliphatic rings. The molecule has 2 aromatic heterocycles. The number of carbonyl (C=O) groups is 1. The summed E-state index contributed by atoms with van der Waals surface area (Å²) < 4.78 is 1.05. The van der Waals surface area contributed by atoms with Gasteiger partial charge < -0.3 is 10.6 Å². The van der Waals surface area contributed by atoms with E-state index in [-0.39, 0.29) is 5.91 Å². The zero-order valence-corrected chi connectivity index (χ0v) is 15.2. The third-order valence-corrected chi connectivity index (χ3v) is 4.52. The van der Waals surface area contributed by atoms with Crippen molar-refractivity contribution < 1.29 is 4.79 Å². The Labute approximate surface area is 154 Å². The number of hydrogen-bond donors (Lipinski definition) is 2.